The van der Waals surface area contributed by atoms with Gasteiger partial charge in [-0.05, 0) is 19.1 Å². The molecular weight excluding hydrogens is 208 g/mol. The molecule has 1 N–H and O–H groups in total. The molecule has 0 radical (unpaired) electrons. The number of nitrogens with one attached hydrogen (secondary N) is 1. The Morgan fingerprint density at radius 2 is 1.80 bits per heavy atom. The molecule has 0 bridgehead atoms. The van der Waals surface area contributed by atoms with E-state index in [2.05, 4.69) is 9.97 Å². The number of fused-ring (bicyclic) bond motifs is 1. The van der Waals surface area contributed by atoms with E-state index >= 15 is 0 Å². The molecule has 84 valence electrons. The molecule has 2 nitrogen and oxygen atoms in total. The topological polar surface area (TPSA) is 28.7 Å². The van der Waals surface area contributed by atoms with E-state index in [1.54, 1.807) is 6.20 Å². The third-order valence-electron chi connectivity index (χ3n) is 1.63. The van der Waals surface area contributed by atoms with Gasteiger partial charge in [-0.25, -0.2) is 4.98 Å². The highest BCUT2D eigenvalue weighted by atomic mass is 35.5. The quantitative estimate of drug-likeness (QED) is 0.655. The Morgan fingerprint density at radius 1 is 1.20 bits per heavy atom. The summed E-state index contributed by atoms with van der Waals surface area (Å²) in [4.78, 5) is 7.14. The normalized spacial score (nSPS) is 8.67. The van der Waals surface area contributed by atoms with Crippen molar-refractivity contribution in [2.45, 2.75) is 34.6 Å². The number of halogens is 1. The minimum atomic E-state index is 0.562. The minimum Gasteiger partial charge on any atom is -0.359 e. The van der Waals surface area contributed by atoms with Crippen molar-refractivity contribution in [3.05, 3.63) is 29.2 Å². The van der Waals surface area contributed by atoms with Crippen LogP contribution in [0.5, 0.6) is 0 Å². The van der Waals surface area contributed by atoms with Crippen molar-refractivity contribution < 1.29 is 0 Å². The van der Waals surface area contributed by atoms with Crippen molar-refractivity contribution in [2.24, 2.45) is 0 Å². The summed E-state index contributed by atoms with van der Waals surface area (Å²) < 4.78 is 0. The maximum Gasteiger partial charge on any atom is 0.138 e. The van der Waals surface area contributed by atoms with Crippen LogP contribution in [0.4, 0.5) is 0 Å². The molecule has 15 heavy (non-hydrogen) atoms. The zero-order chi connectivity index (χ0) is 11.8. The maximum absolute atomic E-state index is 5.84. The molecule has 2 aromatic rings. The van der Waals surface area contributed by atoms with Crippen molar-refractivity contribution in [1.82, 2.24) is 9.97 Å². The summed E-state index contributed by atoms with van der Waals surface area (Å²) in [5.74, 6) is 0. The fraction of sp³-hybridized carbons (Fsp3) is 0.417. The standard InChI is InChI=1S/C8H7ClN2.2C2H6/c1-5-4-6-7(11-5)2-3-10-8(6)9;2*1-2/h2-4,11H,1H3;2*1-2H3. The van der Waals surface area contributed by atoms with Crippen LogP contribution in [-0.4, -0.2) is 9.97 Å². The lowest BCUT2D eigenvalue weighted by atomic mass is 10.3. The van der Waals surface area contributed by atoms with E-state index in [1.807, 2.05) is 46.8 Å². The summed E-state index contributed by atoms with van der Waals surface area (Å²) in [6.45, 7) is 10.00. The molecule has 0 unspecified atom stereocenters. The van der Waals surface area contributed by atoms with Crippen molar-refractivity contribution in [3.8, 4) is 0 Å². The number of H-pyrrole nitrogens is 1. The van der Waals surface area contributed by atoms with E-state index in [4.69, 9.17) is 11.6 Å². The first kappa shape index (κ1) is 14.0. The van der Waals surface area contributed by atoms with Gasteiger partial charge < -0.3 is 4.98 Å². The number of aromatic nitrogens is 2. The lowest BCUT2D eigenvalue weighted by molar-refractivity contribution is 1.29. The number of nitrogens with zero attached hydrogens (tertiary/aromatic N) is 1. The summed E-state index contributed by atoms with van der Waals surface area (Å²) in [7, 11) is 0. The van der Waals surface area contributed by atoms with E-state index < -0.39 is 0 Å². The Hall–Kier alpha value is -1.02. The van der Waals surface area contributed by atoms with Gasteiger partial charge in [0.15, 0.2) is 0 Å². The van der Waals surface area contributed by atoms with Crippen LogP contribution < -0.4 is 0 Å². The Balaban J connectivity index is 0.000000442. The third kappa shape index (κ3) is 3.56. The van der Waals surface area contributed by atoms with Crippen LogP contribution in [-0.2, 0) is 0 Å². The van der Waals surface area contributed by atoms with Crippen LogP contribution in [0, 0.1) is 6.92 Å². The highest BCUT2D eigenvalue weighted by molar-refractivity contribution is 6.34. The van der Waals surface area contributed by atoms with Gasteiger partial charge in [-0.2, -0.15) is 0 Å². The number of hydrogen-bond donors (Lipinski definition) is 1. The number of pyridine rings is 1. The molecule has 0 aliphatic carbocycles. The zero-order valence-corrected chi connectivity index (χ0v) is 10.8. The molecule has 2 aromatic heterocycles. The van der Waals surface area contributed by atoms with Crippen molar-refractivity contribution in [1.29, 1.82) is 0 Å². The second-order valence-electron chi connectivity index (χ2n) is 2.52. The smallest absolute Gasteiger partial charge is 0.138 e. The Kier molecular flexibility index (Phi) is 6.80. The summed E-state index contributed by atoms with van der Waals surface area (Å²) >= 11 is 5.84. The number of rotatable bonds is 0. The number of hydrogen-bond acceptors (Lipinski definition) is 1. The van der Waals surface area contributed by atoms with Crippen molar-refractivity contribution in [2.75, 3.05) is 0 Å². The van der Waals surface area contributed by atoms with Crippen LogP contribution in [0.25, 0.3) is 10.9 Å². The van der Waals surface area contributed by atoms with Crippen LogP contribution in [0.15, 0.2) is 18.3 Å². The van der Waals surface area contributed by atoms with E-state index in [0.717, 1.165) is 16.6 Å². The fourth-order valence-electron chi connectivity index (χ4n) is 1.16. The third-order valence-corrected chi connectivity index (χ3v) is 1.94. The van der Waals surface area contributed by atoms with Gasteiger partial charge in [0.25, 0.3) is 0 Å². The lowest BCUT2D eigenvalue weighted by Gasteiger charge is -1.89. The van der Waals surface area contributed by atoms with Crippen molar-refractivity contribution in [3.63, 3.8) is 0 Å². The van der Waals surface area contributed by atoms with E-state index in [-0.39, 0.29) is 0 Å². The van der Waals surface area contributed by atoms with Crippen LogP contribution in [0.3, 0.4) is 0 Å². The first-order chi connectivity index (χ1) is 7.27. The highest BCUT2D eigenvalue weighted by Gasteiger charge is 2.00. The zero-order valence-electron chi connectivity index (χ0n) is 10.1. The molecule has 2 heterocycles. The van der Waals surface area contributed by atoms with E-state index in [1.165, 1.54) is 0 Å². The molecule has 0 amide bonds. The van der Waals surface area contributed by atoms with Crippen molar-refractivity contribution >= 4 is 22.5 Å². The molecule has 0 atom stereocenters. The van der Waals surface area contributed by atoms with Gasteiger partial charge in [0.2, 0.25) is 0 Å². The molecule has 0 fully saturated rings. The number of aromatic amines is 1. The summed E-state index contributed by atoms with van der Waals surface area (Å²) in [6.07, 6.45) is 1.70. The van der Waals surface area contributed by atoms with Crippen LogP contribution >= 0.6 is 11.6 Å². The number of aryl methyl sites for hydroxylation is 1. The summed E-state index contributed by atoms with van der Waals surface area (Å²) in [5, 5.41) is 1.55. The Morgan fingerprint density at radius 3 is 2.33 bits per heavy atom. The molecule has 0 saturated carbocycles. The summed E-state index contributed by atoms with van der Waals surface area (Å²) in [5.41, 5.74) is 2.15. The second-order valence-corrected chi connectivity index (χ2v) is 2.87. The molecule has 0 aliphatic rings. The predicted molar refractivity (Wildman–Crippen MR) is 68.5 cm³/mol. The van der Waals surface area contributed by atoms with Crippen LogP contribution in [0.1, 0.15) is 33.4 Å². The largest absolute Gasteiger partial charge is 0.359 e. The summed E-state index contributed by atoms with van der Waals surface area (Å²) in [6, 6.07) is 3.90. The minimum absolute atomic E-state index is 0.562. The molecule has 0 spiro atoms. The molecule has 0 saturated heterocycles. The average molecular weight is 227 g/mol. The van der Waals surface area contributed by atoms with Gasteiger partial charge in [0.05, 0.1) is 5.52 Å². The van der Waals surface area contributed by atoms with Gasteiger partial charge in [0, 0.05) is 17.3 Å². The average Bonchev–Trinajstić information content (AvgIpc) is 2.66. The van der Waals surface area contributed by atoms with Gasteiger partial charge >= 0.3 is 0 Å². The van der Waals surface area contributed by atoms with E-state index in [0.29, 0.717) is 5.15 Å². The van der Waals surface area contributed by atoms with Gasteiger partial charge in [-0.3, -0.25) is 0 Å². The maximum atomic E-state index is 5.84. The molecular formula is C12H19ClN2. The first-order valence-corrected chi connectivity index (χ1v) is 5.75. The molecule has 0 aliphatic heterocycles. The second kappa shape index (κ2) is 7.30. The Bertz CT molecular complexity index is 393. The molecule has 2 rings (SSSR count). The monoisotopic (exact) mass is 226 g/mol. The van der Waals surface area contributed by atoms with Crippen LogP contribution in [0.2, 0.25) is 5.15 Å². The van der Waals surface area contributed by atoms with E-state index in [9.17, 15) is 0 Å². The lowest BCUT2D eigenvalue weighted by Crippen LogP contribution is -1.73. The molecule has 0 aromatic carbocycles. The SMILES string of the molecule is CC.CC.Cc1cc2c(Cl)nccc2[nH]1. The first-order valence-electron chi connectivity index (χ1n) is 5.37. The predicted octanol–water partition coefficient (Wildman–Crippen LogP) is 4.58. The van der Waals surface area contributed by atoms with Gasteiger partial charge in [-0.1, -0.05) is 39.3 Å². The molecule has 3 heteroatoms. The Labute approximate surface area is 96.7 Å². The van der Waals surface area contributed by atoms with Gasteiger partial charge in [-0.15, -0.1) is 0 Å². The van der Waals surface area contributed by atoms with Gasteiger partial charge in [0.1, 0.15) is 5.15 Å². The fourth-order valence-corrected chi connectivity index (χ4v) is 1.37. The highest BCUT2D eigenvalue weighted by Crippen LogP contribution is 2.20.